The fourth-order valence-corrected chi connectivity index (χ4v) is 4.38. The zero-order valence-corrected chi connectivity index (χ0v) is 24.7. The average Bonchev–Trinajstić information content (AvgIpc) is 2.99. The predicted octanol–water partition coefficient (Wildman–Crippen LogP) is -0.774. The number of aromatic hydroxyl groups is 1. The Balaban J connectivity index is 2.23. The molecule has 0 radical (unpaired) electrons. The van der Waals surface area contributed by atoms with Gasteiger partial charge in [0.05, 0.1) is 6.04 Å². The highest BCUT2D eigenvalue weighted by Crippen LogP contribution is 2.12. The number of aliphatic carboxylic acids is 1. The minimum atomic E-state index is -1.20. The van der Waals surface area contributed by atoms with Crippen molar-refractivity contribution in [3.8, 4) is 5.75 Å². The predicted molar refractivity (Wildman–Crippen MR) is 166 cm³/mol. The average molecular weight is 613 g/mol. The van der Waals surface area contributed by atoms with E-state index in [1.165, 1.54) is 12.1 Å². The van der Waals surface area contributed by atoms with Crippen LogP contribution in [0.15, 0.2) is 59.6 Å². The number of carbonyl (C=O) groups excluding carboxylic acids is 3. The number of phenolic OH excluding ortho intramolecular Hbond substituents is 1. The highest BCUT2D eigenvalue weighted by Gasteiger charge is 2.30. The molecule has 13 N–H and O–H groups in total. The van der Waals surface area contributed by atoms with Crippen LogP contribution in [0.1, 0.15) is 43.2 Å². The Morgan fingerprint density at radius 3 is 1.91 bits per heavy atom. The molecule has 44 heavy (non-hydrogen) atoms. The molecule has 0 aliphatic carbocycles. The van der Waals surface area contributed by atoms with Crippen LogP contribution in [-0.4, -0.2) is 77.1 Å². The van der Waals surface area contributed by atoms with E-state index in [2.05, 4.69) is 20.9 Å². The number of nitrogens with zero attached hydrogens (tertiary/aromatic N) is 1. The van der Waals surface area contributed by atoms with Gasteiger partial charge in [0.15, 0.2) is 5.96 Å². The third-order valence-electron chi connectivity index (χ3n) is 6.78. The standard InChI is InChI=1S/C30H44N8O6/c31-15-5-4-9-24(29(43)44)37-28(42)25(18-19-7-2-1-3-8-19)38-27(41)23(10-6-16-35-30(33)34)36-26(40)22(32)17-20-11-13-21(39)14-12-20/h1-3,7-8,11-14,22-25,39H,4-6,9-10,15-18,31-32H2,(H,36,40)(H,37,42)(H,38,41)(H,43,44)(H4,33,34,35). The topological polar surface area (TPSA) is 261 Å². The number of unbranched alkanes of at least 4 members (excludes halogenated alkanes) is 1. The van der Waals surface area contributed by atoms with Gasteiger partial charge in [-0.15, -0.1) is 0 Å². The van der Waals surface area contributed by atoms with Crippen molar-refractivity contribution in [2.75, 3.05) is 13.1 Å². The van der Waals surface area contributed by atoms with Crippen LogP contribution in [0.3, 0.4) is 0 Å². The second kappa shape index (κ2) is 18.8. The number of rotatable bonds is 19. The van der Waals surface area contributed by atoms with Gasteiger partial charge >= 0.3 is 5.97 Å². The largest absolute Gasteiger partial charge is 0.508 e. The Hall–Kier alpha value is -4.69. The fourth-order valence-electron chi connectivity index (χ4n) is 4.38. The number of hydrogen-bond acceptors (Lipinski definition) is 8. The lowest BCUT2D eigenvalue weighted by Crippen LogP contribution is -2.57. The van der Waals surface area contributed by atoms with Gasteiger partial charge in [0.1, 0.15) is 23.9 Å². The Morgan fingerprint density at radius 2 is 1.30 bits per heavy atom. The number of carboxylic acids is 1. The van der Waals surface area contributed by atoms with E-state index < -0.39 is 47.9 Å². The van der Waals surface area contributed by atoms with Crippen LogP contribution >= 0.6 is 0 Å². The van der Waals surface area contributed by atoms with Crippen LogP contribution in [0.5, 0.6) is 5.75 Å². The number of guanidine groups is 1. The summed E-state index contributed by atoms with van der Waals surface area (Å²) in [5, 5.41) is 27.1. The lowest BCUT2D eigenvalue weighted by Gasteiger charge is -2.25. The van der Waals surface area contributed by atoms with Crippen molar-refractivity contribution in [2.45, 2.75) is 69.1 Å². The van der Waals surface area contributed by atoms with Crippen LogP contribution in [0, 0.1) is 0 Å². The zero-order chi connectivity index (χ0) is 32.5. The first-order valence-corrected chi connectivity index (χ1v) is 14.5. The molecular formula is C30H44N8O6. The molecule has 0 aliphatic rings. The van der Waals surface area contributed by atoms with Crippen molar-refractivity contribution < 1.29 is 29.4 Å². The summed E-state index contributed by atoms with van der Waals surface area (Å²) in [4.78, 5) is 55.7. The smallest absolute Gasteiger partial charge is 0.326 e. The fraction of sp³-hybridized carbons (Fsp3) is 0.433. The third-order valence-corrected chi connectivity index (χ3v) is 6.78. The first-order chi connectivity index (χ1) is 21.0. The van der Waals surface area contributed by atoms with E-state index >= 15 is 0 Å². The molecular weight excluding hydrogens is 568 g/mol. The van der Waals surface area contributed by atoms with Crippen molar-refractivity contribution in [2.24, 2.45) is 27.9 Å². The van der Waals surface area contributed by atoms with E-state index in [0.29, 0.717) is 31.4 Å². The van der Waals surface area contributed by atoms with Crippen molar-refractivity contribution in [3.63, 3.8) is 0 Å². The lowest BCUT2D eigenvalue weighted by molar-refractivity contribution is -0.142. The Kier molecular flexibility index (Phi) is 15.1. The number of carboxylic acid groups (broad SMARTS) is 1. The number of phenols is 1. The molecule has 0 aromatic heterocycles. The summed E-state index contributed by atoms with van der Waals surface area (Å²) in [6.07, 6.45) is 1.93. The number of carbonyl (C=O) groups is 4. The third kappa shape index (κ3) is 13.1. The maximum Gasteiger partial charge on any atom is 0.326 e. The Morgan fingerprint density at radius 1 is 0.727 bits per heavy atom. The van der Waals surface area contributed by atoms with E-state index in [0.717, 1.165) is 5.56 Å². The second-order valence-electron chi connectivity index (χ2n) is 10.4. The monoisotopic (exact) mass is 612 g/mol. The van der Waals surface area contributed by atoms with Gasteiger partial charge < -0.3 is 49.1 Å². The molecule has 14 nitrogen and oxygen atoms in total. The van der Waals surface area contributed by atoms with Crippen LogP contribution < -0.4 is 38.9 Å². The van der Waals surface area contributed by atoms with Crippen LogP contribution in [0.25, 0.3) is 0 Å². The Labute approximate surface area is 256 Å². The molecule has 0 spiro atoms. The van der Waals surface area contributed by atoms with Crippen molar-refractivity contribution >= 4 is 29.7 Å². The van der Waals surface area contributed by atoms with E-state index in [4.69, 9.17) is 22.9 Å². The summed E-state index contributed by atoms with van der Waals surface area (Å²) in [6.45, 7) is 0.584. The molecule has 0 heterocycles. The second-order valence-corrected chi connectivity index (χ2v) is 10.4. The molecule has 2 rings (SSSR count). The van der Waals surface area contributed by atoms with Gasteiger partial charge in [-0.2, -0.15) is 0 Å². The number of nitrogens with two attached hydrogens (primary N) is 4. The molecule has 2 aromatic carbocycles. The Bertz CT molecular complexity index is 1240. The zero-order valence-electron chi connectivity index (χ0n) is 24.7. The van der Waals surface area contributed by atoms with E-state index in [1.807, 2.05) is 0 Å². The molecule has 4 unspecified atom stereocenters. The molecule has 0 saturated carbocycles. The summed E-state index contributed by atoms with van der Waals surface area (Å²) in [5.74, 6) is -3.20. The summed E-state index contributed by atoms with van der Waals surface area (Å²) in [6, 6.07) is 10.7. The number of aliphatic imine (C=N–C) groups is 1. The van der Waals surface area contributed by atoms with Gasteiger partial charge in [0.25, 0.3) is 0 Å². The highest BCUT2D eigenvalue weighted by atomic mass is 16.4. The minimum Gasteiger partial charge on any atom is -0.508 e. The highest BCUT2D eigenvalue weighted by molar-refractivity contribution is 5.94. The van der Waals surface area contributed by atoms with Gasteiger partial charge in [-0.05, 0) is 68.3 Å². The van der Waals surface area contributed by atoms with E-state index in [-0.39, 0.29) is 43.9 Å². The molecule has 0 saturated heterocycles. The molecule has 2 aromatic rings. The maximum atomic E-state index is 13.6. The minimum absolute atomic E-state index is 0.0720. The summed E-state index contributed by atoms with van der Waals surface area (Å²) in [5.41, 5.74) is 23.9. The number of benzene rings is 2. The van der Waals surface area contributed by atoms with Crippen LogP contribution in [0.2, 0.25) is 0 Å². The summed E-state index contributed by atoms with van der Waals surface area (Å²) >= 11 is 0. The number of amides is 3. The number of nitrogens with one attached hydrogen (secondary N) is 3. The molecule has 4 atom stereocenters. The summed E-state index contributed by atoms with van der Waals surface area (Å²) in [7, 11) is 0. The van der Waals surface area contributed by atoms with Crippen molar-refractivity contribution in [1.82, 2.24) is 16.0 Å². The van der Waals surface area contributed by atoms with Gasteiger partial charge in [0.2, 0.25) is 17.7 Å². The molecule has 0 bridgehead atoms. The first kappa shape index (κ1) is 35.5. The SMILES string of the molecule is NCCCCC(NC(=O)C(Cc1ccccc1)NC(=O)C(CCCN=C(N)N)NC(=O)C(N)Cc1ccc(O)cc1)C(=O)O. The maximum absolute atomic E-state index is 13.6. The number of hydrogen-bond donors (Lipinski definition) is 9. The van der Waals surface area contributed by atoms with Gasteiger partial charge in [0, 0.05) is 13.0 Å². The normalized spacial score (nSPS) is 13.5. The van der Waals surface area contributed by atoms with Gasteiger partial charge in [-0.25, -0.2) is 4.79 Å². The summed E-state index contributed by atoms with van der Waals surface area (Å²) < 4.78 is 0. The van der Waals surface area contributed by atoms with Gasteiger partial charge in [-0.1, -0.05) is 42.5 Å². The van der Waals surface area contributed by atoms with Crippen LogP contribution in [-0.2, 0) is 32.0 Å². The molecule has 240 valence electrons. The van der Waals surface area contributed by atoms with Crippen molar-refractivity contribution in [1.29, 1.82) is 0 Å². The molecule has 0 aliphatic heterocycles. The van der Waals surface area contributed by atoms with E-state index in [1.54, 1.807) is 42.5 Å². The molecule has 14 heteroatoms. The van der Waals surface area contributed by atoms with Crippen LogP contribution in [0.4, 0.5) is 0 Å². The van der Waals surface area contributed by atoms with Crippen molar-refractivity contribution in [3.05, 3.63) is 65.7 Å². The quantitative estimate of drug-likeness (QED) is 0.0543. The molecule has 3 amide bonds. The first-order valence-electron chi connectivity index (χ1n) is 14.5. The van der Waals surface area contributed by atoms with Gasteiger partial charge in [-0.3, -0.25) is 19.4 Å². The molecule has 0 fully saturated rings. The lowest BCUT2D eigenvalue weighted by atomic mass is 10.0. The van der Waals surface area contributed by atoms with E-state index in [9.17, 15) is 29.4 Å².